The second-order valence-corrected chi connectivity index (χ2v) is 9.43. The first-order valence-corrected chi connectivity index (χ1v) is 11.8. The number of nitrogen functional groups attached to an aromatic ring is 1. The molecule has 3 amide bonds. The number of fused-ring (bicyclic) bond motifs is 1. The van der Waals surface area contributed by atoms with Crippen molar-refractivity contribution in [2.45, 2.75) is 12.6 Å². The van der Waals surface area contributed by atoms with Gasteiger partial charge >= 0.3 is 12.1 Å². The summed E-state index contributed by atoms with van der Waals surface area (Å²) in [5.41, 5.74) is 7.72. The molecule has 0 bridgehead atoms. The van der Waals surface area contributed by atoms with Crippen LogP contribution in [0.3, 0.4) is 0 Å². The van der Waals surface area contributed by atoms with Crippen LogP contribution in [0.25, 0.3) is 0 Å². The van der Waals surface area contributed by atoms with Crippen molar-refractivity contribution in [2.75, 3.05) is 11.9 Å². The number of carboxylic acids is 1. The van der Waals surface area contributed by atoms with Gasteiger partial charge in [-0.25, -0.2) is 4.79 Å². The van der Waals surface area contributed by atoms with E-state index in [0.717, 1.165) is 16.9 Å². The fourth-order valence-corrected chi connectivity index (χ4v) is 4.29. The molecule has 1 aliphatic rings. The van der Waals surface area contributed by atoms with Gasteiger partial charge in [-0.1, -0.05) is 41.9 Å². The standard InChI is InChI=1S/C22H17ClN4O3S.C2HF3O2/c23-17-9-8-16(31-17)20(28)26-15-3-1-2-14-18(15)22(30)27(21(14)29)11-10-12-4-6-13(7-5-12)19(24)25;3-2(4,5)1(6)7/h1-9H,10-11H2,(H3,24,25)(H,26,28);(H,6,7). The van der Waals surface area contributed by atoms with Crippen molar-refractivity contribution in [1.29, 1.82) is 5.41 Å². The lowest BCUT2D eigenvalue weighted by Crippen LogP contribution is -2.32. The first kappa shape index (κ1) is 28.3. The topological polar surface area (TPSA) is 154 Å². The van der Waals surface area contributed by atoms with Crippen LogP contribution in [-0.2, 0) is 11.2 Å². The van der Waals surface area contributed by atoms with Gasteiger partial charge in [-0.2, -0.15) is 13.2 Å². The SMILES string of the molecule is N=C(N)c1ccc(CCN2C(=O)c3cccc(NC(=O)c4ccc(Cl)s4)c3C2=O)cc1.O=C(O)C(F)(F)F. The van der Waals surface area contributed by atoms with Gasteiger partial charge in [-0.05, 0) is 36.2 Å². The highest BCUT2D eigenvalue weighted by atomic mass is 35.5. The monoisotopic (exact) mass is 566 g/mol. The third-order valence-electron chi connectivity index (χ3n) is 5.18. The molecule has 38 heavy (non-hydrogen) atoms. The van der Waals surface area contributed by atoms with Crippen LogP contribution in [0, 0.1) is 5.41 Å². The van der Waals surface area contributed by atoms with Gasteiger partial charge in [-0.3, -0.25) is 24.7 Å². The number of rotatable bonds is 6. The third-order valence-corrected chi connectivity index (χ3v) is 6.41. The number of halogens is 4. The summed E-state index contributed by atoms with van der Waals surface area (Å²) in [5, 5.41) is 17.3. The summed E-state index contributed by atoms with van der Waals surface area (Å²) in [5.74, 6) is -4.01. The zero-order valence-corrected chi connectivity index (χ0v) is 20.7. The highest BCUT2D eigenvalue weighted by Crippen LogP contribution is 2.31. The Bertz CT molecular complexity index is 1420. The molecule has 0 spiro atoms. The van der Waals surface area contributed by atoms with E-state index in [4.69, 9.17) is 32.6 Å². The number of hydrogen-bond donors (Lipinski definition) is 4. The number of anilines is 1. The number of carboxylic acid groups (broad SMARTS) is 1. The summed E-state index contributed by atoms with van der Waals surface area (Å²) >= 11 is 7.02. The maximum Gasteiger partial charge on any atom is 0.490 e. The predicted octanol–water partition coefficient (Wildman–Crippen LogP) is 4.41. The smallest absolute Gasteiger partial charge is 0.475 e. The van der Waals surface area contributed by atoms with E-state index in [1.54, 1.807) is 42.5 Å². The van der Waals surface area contributed by atoms with Crippen molar-refractivity contribution >= 4 is 58.2 Å². The number of imide groups is 1. The highest BCUT2D eigenvalue weighted by Gasteiger charge is 2.38. The Hall–Kier alpha value is -4.23. The lowest BCUT2D eigenvalue weighted by molar-refractivity contribution is -0.192. The molecule has 0 aliphatic carbocycles. The van der Waals surface area contributed by atoms with E-state index in [1.165, 1.54) is 4.90 Å². The zero-order chi connectivity index (χ0) is 28.2. The normalized spacial score (nSPS) is 12.5. The number of nitrogens with zero attached hydrogens (tertiary/aromatic N) is 1. The summed E-state index contributed by atoms with van der Waals surface area (Å²) in [6.07, 6.45) is -4.63. The molecule has 1 aliphatic heterocycles. The van der Waals surface area contributed by atoms with Gasteiger partial charge in [0.1, 0.15) is 5.84 Å². The Labute approximate surface area is 222 Å². The van der Waals surface area contributed by atoms with Crippen LogP contribution in [0.4, 0.5) is 18.9 Å². The van der Waals surface area contributed by atoms with Gasteiger partial charge in [0.25, 0.3) is 17.7 Å². The summed E-state index contributed by atoms with van der Waals surface area (Å²) in [4.78, 5) is 48.8. The first-order chi connectivity index (χ1) is 17.8. The molecule has 9 nitrogen and oxygen atoms in total. The molecule has 0 radical (unpaired) electrons. The number of nitrogens with one attached hydrogen (secondary N) is 2. The van der Waals surface area contributed by atoms with Crippen molar-refractivity contribution in [3.63, 3.8) is 0 Å². The van der Waals surface area contributed by atoms with E-state index >= 15 is 0 Å². The van der Waals surface area contributed by atoms with Crippen molar-refractivity contribution < 1.29 is 37.5 Å². The maximum absolute atomic E-state index is 13.0. The fourth-order valence-electron chi connectivity index (χ4n) is 3.35. The van der Waals surface area contributed by atoms with E-state index in [0.29, 0.717) is 26.9 Å². The molecule has 0 unspecified atom stereocenters. The largest absolute Gasteiger partial charge is 0.490 e. The molecular formula is C24H18ClF3N4O5S. The first-order valence-electron chi connectivity index (χ1n) is 10.6. The molecule has 0 saturated heterocycles. The summed E-state index contributed by atoms with van der Waals surface area (Å²) in [6.45, 7) is 0.194. The van der Waals surface area contributed by atoms with Crippen molar-refractivity contribution in [1.82, 2.24) is 4.90 Å². The van der Waals surface area contributed by atoms with Crippen LogP contribution < -0.4 is 11.1 Å². The number of carbonyl (C=O) groups excluding carboxylic acids is 3. The molecule has 2 heterocycles. The van der Waals surface area contributed by atoms with E-state index in [2.05, 4.69) is 5.32 Å². The number of thiophene rings is 1. The van der Waals surface area contributed by atoms with Crippen LogP contribution in [0.1, 0.15) is 41.5 Å². The lowest BCUT2D eigenvalue weighted by atomic mass is 10.1. The Balaban J connectivity index is 0.000000505. The maximum atomic E-state index is 13.0. The number of benzene rings is 2. The van der Waals surface area contributed by atoms with Gasteiger partial charge in [0.05, 0.1) is 26.0 Å². The van der Waals surface area contributed by atoms with E-state index < -0.39 is 29.9 Å². The minimum Gasteiger partial charge on any atom is -0.475 e. The Morgan fingerprint density at radius 2 is 1.68 bits per heavy atom. The van der Waals surface area contributed by atoms with Crippen LogP contribution >= 0.6 is 22.9 Å². The van der Waals surface area contributed by atoms with Crippen LogP contribution in [0.2, 0.25) is 4.34 Å². The van der Waals surface area contributed by atoms with Gasteiger partial charge in [-0.15, -0.1) is 11.3 Å². The molecule has 5 N–H and O–H groups in total. The average Bonchev–Trinajstić information content (AvgIpc) is 3.39. The molecule has 4 rings (SSSR count). The Morgan fingerprint density at radius 3 is 2.21 bits per heavy atom. The van der Waals surface area contributed by atoms with E-state index in [1.807, 2.05) is 12.1 Å². The van der Waals surface area contributed by atoms with Gasteiger partial charge < -0.3 is 16.2 Å². The minimum absolute atomic E-state index is 0.0219. The van der Waals surface area contributed by atoms with Crippen molar-refractivity contribution in [3.8, 4) is 0 Å². The zero-order valence-electron chi connectivity index (χ0n) is 19.1. The number of alkyl halides is 3. The summed E-state index contributed by atoms with van der Waals surface area (Å²) < 4.78 is 32.2. The summed E-state index contributed by atoms with van der Waals surface area (Å²) in [6, 6.07) is 15.1. The predicted molar refractivity (Wildman–Crippen MR) is 134 cm³/mol. The number of nitrogens with two attached hydrogens (primary N) is 1. The van der Waals surface area contributed by atoms with Crippen LogP contribution in [0.15, 0.2) is 54.6 Å². The van der Waals surface area contributed by atoms with Crippen molar-refractivity contribution in [2.24, 2.45) is 5.73 Å². The number of carbonyl (C=O) groups is 4. The molecule has 0 atom stereocenters. The number of amidine groups is 1. The number of amides is 3. The average molecular weight is 567 g/mol. The van der Waals surface area contributed by atoms with Gasteiger partial charge in [0.15, 0.2) is 0 Å². The Morgan fingerprint density at radius 1 is 1.05 bits per heavy atom. The molecule has 198 valence electrons. The highest BCUT2D eigenvalue weighted by molar-refractivity contribution is 7.18. The molecule has 3 aromatic rings. The molecule has 0 fully saturated rings. The fraction of sp³-hybridized carbons (Fsp3) is 0.125. The molecule has 2 aromatic carbocycles. The quantitative estimate of drug-likeness (QED) is 0.197. The Kier molecular flexibility index (Phi) is 8.53. The third kappa shape index (κ3) is 6.55. The van der Waals surface area contributed by atoms with Crippen LogP contribution in [0.5, 0.6) is 0 Å². The van der Waals surface area contributed by atoms with Gasteiger partial charge in [0.2, 0.25) is 0 Å². The second kappa shape index (κ2) is 11.4. The van der Waals surface area contributed by atoms with Crippen molar-refractivity contribution in [3.05, 3.63) is 86.1 Å². The number of aliphatic carboxylic acids is 1. The van der Waals surface area contributed by atoms with Crippen LogP contribution in [-0.4, -0.2) is 52.3 Å². The molecule has 0 saturated carbocycles. The minimum atomic E-state index is -5.08. The van der Waals surface area contributed by atoms with E-state index in [-0.39, 0.29) is 23.5 Å². The summed E-state index contributed by atoms with van der Waals surface area (Å²) in [7, 11) is 0. The molecular weight excluding hydrogens is 549 g/mol. The lowest BCUT2D eigenvalue weighted by Gasteiger charge is -2.14. The van der Waals surface area contributed by atoms with Gasteiger partial charge in [0, 0.05) is 12.1 Å². The van der Waals surface area contributed by atoms with E-state index in [9.17, 15) is 27.6 Å². The number of hydrogen-bond acceptors (Lipinski definition) is 6. The molecule has 1 aromatic heterocycles. The second-order valence-electron chi connectivity index (χ2n) is 7.71. The molecule has 14 heteroatoms.